The predicted molar refractivity (Wildman–Crippen MR) is 151 cm³/mol. The fourth-order valence-corrected chi connectivity index (χ4v) is 25.0. The van der Waals surface area contributed by atoms with Crippen molar-refractivity contribution in [2.24, 2.45) is 0 Å². The second-order valence-electron chi connectivity index (χ2n) is 10.8. The molecule has 0 aliphatic carbocycles. The number of halogens is 1. The number of hydrogen-bond acceptors (Lipinski definition) is 2. The minimum absolute atomic E-state index is 0.188. The van der Waals surface area contributed by atoms with Crippen molar-refractivity contribution in [3.63, 3.8) is 0 Å². The van der Waals surface area contributed by atoms with Crippen LogP contribution in [0, 0.1) is 5.82 Å². The Morgan fingerprint density at radius 3 is 1.85 bits per heavy atom. The number of hydrogen-bond donors (Lipinski definition) is 0. The van der Waals surface area contributed by atoms with E-state index in [2.05, 4.69) is 58.3 Å². The van der Waals surface area contributed by atoms with Gasteiger partial charge in [0.2, 0.25) is 0 Å². The maximum absolute atomic E-state index is 16.1. The molecule has 0 atom stereocenters. The Morgan fingerprint density at radius 1 is 0.912 bits per heavy atom. The van der Waals surface area contributed by atoms with E-state index >= 15 is 4.39 Å². The van der Waals surface area contributed by atoms with Gasteiger partial charge >= 0.3 is 215 Å². The van der Waals surface area contributed by atoms with E-state index in [1.807, 2.05) is 19.9 Å². The number of pyridine rings is 1. The Labute approximate surface area is 214 Å². The van der Waals surface area contributed by atoms with Gasteiger partial charge in [-0.15, -0.1) is 0 Å². The summed E-state index contributed by atoms with van der Waals surface area (Å²) in [4.78, 5) is 4.74. The third kappa shape index (κ3) is 6.47. The molecule has 2 aromatic heterocycles. The van der Waals surface area contributed by atoms with Gasteiger partial charge in [-0.2, -0.15) is 0 Å². The monoisotopic (exact) mass is 598 g/mol. The van der Waals surface area contributed by atoms with Crippen LogP contribution in [0.4, 0.5) is 4.39 Å². The number of rotatable bonds is 16. The maximum atomic E-state index is 16.1. The molecule has 0 saturated carbocycles. The molecule has 0 aromatic carbocycles. The first kappa shape index (κ1) is 29.8. The molecular formula is C28H51FN2OSiSn. The summed E-state index contributed by atoms with van der Waals surface area (Å²) in [5.74, 6) is -0.188. The summed E-state index contributed by atoms with van der Waals surface area (Å²) in [7, 11) is -1.88. The zero-order valence-electron chi connectivity index (χ0n) is 23.4. The van der Waals surface area contributed by atoms with E-state index in [-0.39, 0.29) is 5.82 Å². The Hall–Kier alpha value is -0.404. The van der Waals surface area contributed by atoms with E-state index in [1.54, 1.807) is 0 Å². The second kappa shape index (κ2) is 13.2. The molecule has 2 heterocycles. The first-order chi connectivity index (χ1) is 16.2. The number of fused-ring (bicyclic) bond motifs is 1. The Kier molecular flexibility index (Phi) is 11.6. The summed E-state index contributed by atoms with van der Waals surface area (Å²) in [5.41, 5.74) is 0.506. The average molecular weight is 598 g/mol. The van der Waals surface area contributed by atoms with E-state index in [4.69, 9.17) is 9.41 Å². The van der Waals surface area contributed by atoms with Gasteiger partial charge in [0.15, 0.2) is 0 Å². The minimum atomic E-state index is -2.72. The summed E-state index contributed by atoms with van der Waals surface area (Å²) in [6.07, 6.45) is 11.7. The van der Waals surface area contributed by atoms with Gasteiger partial charge in [-0.3, -0.25) is 0 Å². The molecule has 0 bridgehead atoms. The van der Waals surface area contributed by atoms with Gasteiger partial charge in [0, 0.05) is 0 Å². The molecule has 0 radical (unpaired) electrons. The predicted octanol–water partition coefficient (Wildman–Crippen LogP) is 8.79. The summed E-state index contributed by atoms with van der Waals surface area (Å²) < 4.78 is 30.5. The van der Waals surface area contributed by atoms with Crippen LogP contribution in [-0.2, 0) is 10.0 Å². The van der Waals surface area contributed by atoms with Crippen LogP contribution in [0.5, 0.6) is 0 Å². The molecule has 6 heteroatoms. The van der Waals surface area contributed by atoms with Crippen molar-refractivity contribution in [3.8, 4) is 0 Å². The normalized spacial score (nSPS) is 13.2. The van der Waals surface area contributed by atoms with E-state index in [1.165, 1.54) is 55.5 Å². The van der Waals surface area contributed by atoms with Gasteiger partial charge in [0.25, 0.3) is 0 Å². The van der Waals surface area contributed by atoms with E-state index in [9.17, 15) is 0 Å². The fraction of sp³-hybridized carbons (Fsp3) is 0.750. The SMILES string of the molecule is CCC[CH2][Sn]([CH2]CCC)([CH2]CCC)[c]1cnc2c(F)c(C(C)(C)O[Si](CC)(CC)CC)ccn12. The van der Waals surface area contributed by atoms with Crippen LogP contribution in [0.2, 0.25) is 31.4 Å². The molecule has 0 fully saturated rings. The van der Waals surface area contributed by atoms with Crippen molar-refractivity contribution < 1.29 is 8.82 Å². The molecule has 0 aliphatic rings. The van der Waals surface area contributed by atoms with Gasteiger partial charge in [0.05, 0.1) is 0 Å². The average Bonchev–Trinajstić information content (AvgIpc) is 3.28. The standard InChI is InChI=1S/C16H24FN2OSi.3C4H9.Sn/c1-6-21(7-2,8-3)20-16(4,5)13-9-11-19-12-10-18-15(19)14(13)17;3*1-3-4-2;/h9-11H,6-8H2,1-5H3;3*1,3-4H2,2H3;. The first-order valence-electron chi connectivity index (χ1n) is 14.1. The first-order valence-corrected chi connectivity index (χ1v) is 24.1. The number of aromatic nitrogens is 2. The van der Waals surface area contributed by atoms with Crippen LogP contribution < -0.4 is 3.71 Å². The van der Waals surface area contributed by atoms with Gasteiger partial charge in [-0.05, 0) is 0 Å². The van der Waals surface area contributed by atoms with Gasteiger partial charge < -0.3 is 0 Å². The van der Waals surface area contributed by atoms with Crippen LogP contribution in [0.15, 0.2) is 18.5 Å². The molecule has 2 rings (SSSR count). The van der Waals surface area contributed by atoms with Crippen molar-refractivity contribution in [2.75, 3.05) is 0 Å². The Morgan fingerprint density at radius 2 is 1.41 bits per heavy atom. The molecule has 0 spiro atoms. The molecule has 34 heavy (non-hydrogen) atoms. The van der Waals surface area contributed by atoms with Crippen LogP contribution in [-0.4, -0.2) is 36.1 Å². The van der Waals surface area contributed by atoms with E-state index in [0.29, 0.717) is 11.2 Å². The van der Waals surface area contributed by atoms with Crippen molar-refractivity contribution in [1.29, 1.82) is 0 Å². The third-order valence-electron chi connectivity index (χ3n) is 8.24. The van der Waals surface area contributed by atoms with E-state index in [0.717, 1.165) is 18.1 Å². The molecule has 0 aliphatic heterocycles. The van der Waals surface area contributed by atoms with Crippen molar-refractivity contribution >= 4 is 36.1 Å². The van der Waals surface area contributed by atoms with Crippen molar-refractivity contribution in [3.05, 3.63) is 29.8 Å². The number of imidazole rings is 1. The molecule has 194 valence electrons. The van der Waals surface area contributed by atoms with Crippen LogP contribution >= 0.6 is 0 Å². The molecule has 0 saturated heterocycles. The summed E-state index contributed by atoms with van der Waals surface area (Å²) in [5, 5.41) is 0. The zero-order valence-corrected chi connectivity index (χ0v) is 27.3. The zero-order chi connectivity index (χ0) is 25.4. The van der Waals surface area contributed by atoms with Crippen LogP contribution in [0.25, 0.3) is 5.65 Å². The summed E-state index contributed by atoms with van der Waals surface area (Å²) >= 11 is -2.72. The third-order valence-corrected chi connectivity index (χ3v) is 28.4. The van der Waals surface area contributed by atoms with Gasteiger partial charge in [-0.25, -0.2) is 0 Å². The molecule has 0 unspecified atom stereocenters. The van der Waals surface area contributed by atoms with Gasteiger partial charge in [0.1, 0.15) is 0 Å². The summed E-state index contributed by atoms with van der Waals surface area (Å²) in [6.45, 7) is 17.7. The van der Waals surface area contributed by atoms with Gasteiger partial charge in [-0.1, -0.05) is 0 Å². The van der Waals surface area contributed by atoms with Crippen molar-refractivity contribution in [1.82, 2.24) is 9.38 Å². The number of unbranched alkanes of at least 4 members (excludes halogenated alkanes) is 3. The fourth-order valence-electron chi connectivity index (χ4n) is 5.74. The topological polar surface area (TPSA) is 26.5 Å². The molecular weight excluding hydrogens is 546 g/mol. The molecule has 0 N–H and O–H groups in total. The molecule has 0 amide bonds. The van der Waals surface area contributed by atoms with E-state index < -0.39 is 32.3 Å². The van der Waals surface area contributed by atoms with Crippen LogP contribution in [0.3, 0.4) is 0 Å². The second-order valence-corrected chi connectivity index (χ2v) is 28.6. The Bertz CT molecular complexity index is 864. The quantitative estimate of drug-likeness (QED) is 0.181. The van der Waals surface area contributed by atoms with Crippen molar-refractivity contribution in [2.45, 2.75) is 131 Å². The van der Waals surface area contributed by atoms with Crippen LogP contribution in [0.1, 0.15) is 99.5 Å². The molecule has 3 nitrogen and oxygen atoms in total. The number of nitrogens with zero attached hydrogens (tertiary/aromatic N) is 2. The molecule has 2 aromatic rings. The summed E-state index contributed by atoms with van der Waals surface area (Å²) in [6, 6.07) is 5.17. The Balaban J connectivity index is 2.58.